The van der Waals surface area contributed by atoms with E-state index in [-0.39, 0.29) is 11.3 Å². The maximum atomic E-state index is 12.2. The lowest BCUT2D eigenvalue weighted by atomic mass is 10.1. The Hall–Kier alpha value is -1.68. The van der Waals surface area contributed by atoms with Crippen molar-refractivity contribution in [3.63, 3.8) is 0 Å². The molecule has 0 fully saturated rings. The summed E-state index contributed by atoms with van der Waals surface area (Å²) < 4.78 is 28.9. The molecule has 5 heteroatoms. The van der Waals surface area contributed by atoms with Crippen LogP contribution in [0.2, 0.25) is 0 Å². The van der Waals surface area contributed by atoms with E-state index in [4.69, 9.17) is 11.6 Å². The van der Waals surface area contributed by atoms with Crippen LogP contribution in [0.15, 0.2) is 36.4 Å². The first-order valence-corrected chi connectivity index (χ1v) is 5.13. The van der Waals surface area contributed by atoms with E-state index in [9.17, 15) is 13.6 Å². The van der Waals surface area contributed by atoms with Crippen LogP contribution in [-0.4, -0.2) is 11.9 Å². The Morgan fingerprint density at radius 3 is 2.59 bits per heavy atom. The minimum absolute atomic E-state index is 0.0536. The van der Waals surface area contributed by atoms with Gasteiger partial charge in [-0.3, -0.25) is 4.79 Å². The topological polar surface area (TPSA) is 26.3 Å². The van der Waals surface area contributed by atoms with Gasteiger partial charge in [-0.15, -0.1) is 0 Å². The quantitative estimate of drug-likeness (QED) is 0.781. The lowest BCUT2D eigenvalue weighted by molar-refractivity contribution is -0.0488. The number of benzene rings is 2. The van der Waals surface area contributed by atoms with Crippen LogP contribution >= 0.6 is 11.6 Å². The van der Waals surface area contributed by atoms with Crippen LogP contribution in [0.25, 0.3) is 10.8 Å². The van der Waals surface area contributed by atoms with Crippen LogP contribution in [-0.2, 0) is 0 Å². The van der Waals surface area contributed by atoms with Crippen molar-refractivity contribution in [3.05, 3.63) is 42.0 Å². The molecule has 0 heterocycles. The zero-order valence-corrected chi connectivity index (χ0v) is 9.25. The monoisotopic (exact) mass is 256 g/mol. The molecule has 0 aliphatic heterocycles. The second-order valence-corrected chi connectivity index (χ2v) is 3.69. The van der Waals surface area contributed by atoms with Crippen molar-refractivity contribution >= 4 is 27.6 Å². The molecule has 0 saturated heterocycles. The molecule has 0 radical (unpaired) electrons. The van der Waals surface area contributed by atoms with E-state index in [1.54, 1.807) is 24.3 Å². The fourth-order valence-corrected chi connectivity index (χ4v) is 1.69. The van der Waals surface area contributed by atoms with Gasteiger partial charge in [-0.05, 0) is 29.1 Å². The second kappa shape index (κ2) is 4.67. The normalized spacial score (nSPS) is 10.8. The first kappa shape index (κ1) is 11.8. The zero-order valence-electron chi connectivity index (χ0n) is 8.49. The van der Waals surface area contributed by atoms with Gasteiger partial charge in [0.15, 0.2) is 0 Å². The molecule has 0 aromatic heterocycles. The number of carbonyl (C=O) groups excluding carboxylic acids is 1. The van der Waals surface area contributed by atoms with E-state index in [0.717, 1.165) is 0 Å². The van der Waals surface area contributed by atoms with E-state index in [0.29, 0.717) is 10.8 Å². The highest BCUT2D eigenvalue weighted by atomic mass is 35.5. The minimum Gasteiger partial charge on any atom is -0.434 e. The van der Waals surface area contributed by atoms with Crippen molar-refractivity contribution in [2.75, 3.05) is 0 Å². The van der Waals surface area contributed by atoms with E-state index in [1.807, 2.05) is 0 Å². The van der Waals surface area contributed by atoms with Gasteiger partial charge in [-0.2, -0.15) is 8.78 Å². The summed E-state index contributed by atoms with van der Waals surface area (Å²) in [6, 6.07) is 9.50. The molecular formula is C12H7ClF2O2. The average molecular weight is 257 g/mol. The van der Waals surface area contributed by atoms with Crippen molar-refractivity contribution in [1.82, 2.24) is 0 Å². The molecule has 0 aliphatic carbocycles. The maximum Gasteiger partial charge on any atom is 0.387 e. The lowest BCUT2D eigenvalue weighted by Crippen LogP contribution is -2.03. The Bertz CT molecular complexity index is 569. The molecule has 0 unspecified atom stereocenters. The van der Waals surface area contributed by atoms with E-state index < -0.39 is 11.9 Å². The van der Waals surface area contributed by atoms with Crippen LogP contribution in [0.5, 0.6) is 5.75 Å². The maximum absolute atomic E-state index is 12.2. The van der Waals surface area contributed by atoms with Crippen LogP contribution < -0.4 is 4.74 Å². The molecule has 0 spiro atoms. The molecule has 88 valence electrons. The first-order valence-electron chi connectivity index (χ1n) is 4.75. The molecular weight excluding hydrogens is 250 g/mol. The molecule has 2 rings (SSSR count). The van der Waals surface area contributed by atoms with E-state index in [2.05, 4.69) is 4.74 Å². The van der Waals surface area contributed by atoms with Gasteiger partial charge in [0, 0.05) is 10.9 Å². The molecule has 0 atom stereocenters. The third kappa shape index (κ3) is 2.53. The molecule has 0 aliphatic rings. The van der Waals surface area contributed by atoms with Gasteiger partial charge in [-0.1, -0.05) is 24.3 Å². The molecule has 2 aromatic rings. The summed E-state index contributed by atoms with van der Waals surface area (Å²) in [5, 5.41) is 0.416. The third-order valence-corrected chi connectivity index (χ3v) is 2.49. The minimum atomic E-state index is -2.95. The summed E-state index contributed by atoms with van der Waals surface area (Å²) in [7, 11) is 0. The smallest absolute Gasteiger partial charge is 0.387 e. The Balaban J connectivity index is 2.64. The Morgan fingerprint density at radius 2 is 1.94 bits per heavy atom. The summed E-state index contributed by atoms with van der Waals surface area (Å²) in [6.45, 7) is -2.95. The highest BCUT2D eigenvalue weighted by Crippen LogP contribution is 2.29. The number of rotatable bonds is 3. The highest BCUT2D eigenvalue weighted by Gasteiger charge is 2.12. The highest BCUT2D eigenvalue weighted by molar-refractivity contribution is 6.67. The predicted molar refractivity (Wildman–Crippen MR) is 60.8 cm³/mol. The third-order valence-electron chi connectivity index (χ3n) is 2.27. The summed E-state index contributed by atoms with van der Waals surface area (Å²) in [5.41, 5.74) is 0.126. The summed E-state index contributed by atoms with van der Waals surface area (Å²) in [4.78, 5) is 11.0. The van der Waals surface area contributed by atoms with Gasteiger partial charge < -0.3 is 4.74 Å². The van der Waals surface area contributed by atoms with Crippen molar-refractivity contribution in [3.8, 4) is 5.75 Å². The van der Waals surface area contributed by atoms with Gasteiger partial charge in [0.1, 0.15) is 5.75 Å². The van der Waals surface area contributed by atoms with Crippen LogP contribution in [0, 0.1) is 0 Å². The summed E-state index contributed by atoms with van der Waals surface area (Å²) in [6.07, 6.45) is 0. The summed E-state index contributed by atoms with van der Waals surface area (Å²) >= 11 is 5.33. The fraction of sp³-hybridized carbons (Fsp3) is 0.0833. The lowest BCUT2D eigenvalue weighted by Gasteiger charge is -2.09. The molecule has 2 aromatic carbocycles. The van der Waals surface area contributed by atoms with E-state index in [1.165, 1.54) is 12.1 Å². The van der Waals surface area contributed by atoms with E-state index >= 15 is 0 Å². The van der Waals surface area contributed by atoms with Crippen LogP contribution in [0.1, 0.15) is 10.4 Å². The SMILES string of the molecule is O=C(Cl)c1cc(OC(F)F)c2ccccc2c1. The number of carbonyl (C=O) groups is 1. The van der Waals surface area contributed by atoms with Crippen molar-refractivity contribution in [2.45, 2.75) is 6.61 Å². The molecule has 0 saturated carbocycles. The second-order valence-electron chi connectivity index (χ2n) is 3.35. The predicted octanol–water partition coefficient (Wildman–Crippen LogP) is 3.82. The Labute approximate surface area is 101 Å². The van der Waals surface area contributed by atoms with Crippen molar-refractivity contribution in [2.24, 2.45) is 0 Å². The molecule has 0 N–H and O–H groups in total. The first-order chi connectivity index (χ1) is 8.08. The number of hydrogen-bond donors (Lipinski definition) is 0. The van der Waals surface area contributed by atoms with Crippen molar-refractivity contribution in [1.29, 1.82) is 0 Å². The fourth-order valence-electron chi connectivity index (χ4n) is 1.58. The number of alkyl halides is 2. The van der Waals surface area contributed by atoms with Crippen LogP contribution in [0.3, 0.4) is 0 Å². The number of ether oxygens (including phenoxy) is 1. The molecule has 2 nitrogen and oxygen atoms in total. The Morgan fingerprint density at radius 1 is 1.24 bits per heavy atom. The summed E-state index contributed by atoms with van der Waals surface area (Å²) in [5.74, 6) is -0.0536. The van der Waals surface area contributed by atoms with Gasteiger partial charge in [0.05, 0.1) is 0 Å². The molecule has 17 heavy (non-hydrogen) atoms. The largest absolute Gasteiger partial charge is 0.434 e. The molecule has 0 bridgehead atoms. The number of halogens is 3. The number of fused-ring (bicyclic) bond motifs is 1. The van der Waals surface area contributed by atoms with Crippen molar-refractivity contribution < 1.29 is 18.3 Å². The molecule has 0 amide bonds. The number of hydrogen-bond acceptors (Lipinski definition) is 2. The zero-order chi connectivity index (χ0) is 12.4. The Kier molecular flexibility index (Phi) is 3.24. The van der Waals surface area contributed by atoms with Gasteiger partial charge in [-0.25, -0.2) is 0 Å². The van der Waals surface area contributed by atoms with Crippen LogP contribution in [0.4, 0.5) is 8.78 Å². The van der Waals surface area contributed by atoms with Gasteiger partial charge >= 0.3 is 6.61 Å². The van der Waals surface area contributed by atoms with Gasteiger partial charge in [0.25, 0.3) is 5.24 Å². The standard InChI is InChI=1S/C12H7ClF2O2/c13-11(16)8-5-7-3-1-2-4-9(7)10(6-8)17-12(14)15/h1-6,12H. The average Bonchev–Trinajstić information content (AvgIpc) is 2.28. The van der Waals surface area contributed by atoms with Gasteiger partial charge in [0.2, 0.25) is 0 Å².